The summed E-state index contributed by atoms with van der Waals surface area (Å²) in [5.41, 5.74) is 2.02. The Morgan fingerprint density at radius 1 is 0.368 bits per heavy atom. The molecular weight excluding hydrogens is 1010 g/mol. The summed E-state index contributed by atoms with van der Waals surface area (Å²) in [6.45, 7) is 3.97. The smallest absolute Gasteiger partial charge is 0.331 e. The number of aromatic nitrogens is 6. The number of para-hydroxylation sites is 4. The van der Waals surface area contributed by atoms with Crippen molar-refractivity contribution in [2.45, 2.75) is 25.2 Å². The molecule has 12 aromatic rings. The van der Waals surface area contributed by atoms with Crippen LogP contribution < -0.4 is 0 Å². The summed E-state index contributed by atoms with van der Waals surface area (Å²) in [5, 5.41) is 64.9. The maximum Gasteiger partial charge on any atom is 0.331 e. The molecule has 76 heavy (non-hydrogen) atoms. The van der Waals surface area contributed by atoms with Crippen molar-refractivity contribution in [2.75, 3.05) is 0 Å². The number of alkyl halides is 2. The molecule has 0 unspecified atom stereocenters. The molecule has 0 saturated heterocycles. The first-order valence-corrected chi connectivity index (χ1v) is 24.0. The number of pyridine rings is 6. The Labute approximate surface area is 440 Å². The summed E-state index contributed by atoms with van der Waals surface area (Å²) in [7, 11) is 0. The van der Waals surface area contributed by atoms with Gasteiger partial charge in [-0.05, 0) is 111 Å². The lowest BCUT2D eigenvalue weighted by Crippen LogP contribution is -2.22. The van der Waals surface area contributed by atoms with Gasteiger partial charge in [0, 0.05) is 37.7 Å². The van der Waals surface area contributed by atoms with Crippen molar-refractivity contribution in [2.24, 2.45) is 0 Å². The van der Waals surface area contributed by atoms with Crippen LogP contribution in [0.25, 0.3) is 65.4 Å². The van der Waals surface area contributed by atoms with Crippen LogP contribution in [0.5, 0.6) is 34.5 Å². The molecule has 0 amide bonds. The van der Waals surface area contributed by atoms with Crippen LogP contribution in [0, 0.1) is 0 Å². The third kappa shape index (κ3) is 9.44. The van der Waals surface area contributed by atoms with Crippen molar-refractivity contribution in [3.63, 3.8) is 0 Å². The SMILES string of the molecule is CC(C)(c1ccc2c(Cl)ccc(O)c2n1)c1ccc2c(Cl)ccc(O)c2n1.O=C(c1ccc2cccc(O)c2n1)c1ccc2cccc(O)c2n1.Oc1cccc2ccc(C(F)(F)c3ccc4cccc(O)c4n3)nc12. The van der Waals surface area contributed by atoms with Gasteiger partial charge in [-0.1, -0.05) is 96.0 Å². The Hall–Kier alpha value is -9.31. The van der Waals surface area contributed by atoms with Gasteiger partial charge in [-0.25, -0.2) is 29.9 Å². The molecular formula is C59H40Cl2F2N6O7. The summed E-state index contributed by atoms with van der Waals surface area (Å²) in [6.07, 6.45) is 0. The zero-order valence-electron chi connectivity index (χ0n) is 40.0. The summed E-state index contributed by atoms with van der Waals surface area (Å²) in [5.74, 6) is -4.00. The van der Waals surface area contributed by atoms with Crippen LogP contribution in [-0.4, -0.2) is 66.3 Å². The number of nitrogens with zero attached hydrogens (tertiary/aromatic N) is 6. The van der Waals surface area contributed by atoms with E-state index in [2.05, 4.69) is 29.9 Å². The zero-order valence-corrected chi connectivity index (χ0v) is 41.5. The fourth-order valence-corrected chi connectivity index (χ4v) is 8.99. The molecule has 6 aromatic heterocycles. The van der Waals surface area contributed by atoms with Crippen LogP contribution in [0.3, 0.4) is 0 Å². The van der Waals surface area contributed by atoms with Gasteiger partial charge in [0.1, 0.15) is 90.4 Å². The topological polar surface area (TPSA) is 216 Å². The van der Waals surface area contributed by atoms with Crippen molar-refractivity contribution in [1.82, 2.24) is 29.9 Å². The van der Waals surface area contributed by atoms with Gasteiger partial charge in [0.25, 0.3) is 0 Å². The predicted molar refractivity (Wildman–Crippen MR) is 289 cm³/mol. The summed E-state index contributed by atoms with van der Waals surface area (Å²) < 4.78 is 29.8. The minimum Gasteiger partial charge on any atom is -0.506 e. The lowest BCUT2D eigenvalue weighted by molar-refractivity contribution is 0.0339. The van der Waals surface area contributed by atoms with E-state index in [-0.39, 0.29) is 62.7 Å². The molecule has 0 saturated carbocycles. The quantitative estimate of drug-likeness (QED) is 0.0856. The van der Waals surface area contributed by atoms with E-state index in [1.807, 2.05) is 50.2 Å². The molecule has 0 bridgehead atoms. The number of ketones is 1. The second kappa shape index (κ2) is 19.8. The Kier molecular flexibility index (Phi) is 13.1. The summed E-state index contributed by atoms with van der Waals surface area (Å²) in [6, 6.07) is 45.3. The van der Waals surface area contributed by atoms with Crippen LogP contribution in [0.15, 0.2) is 170 Å². The minimum atomic E-state index is -3.48. The Morgan fingerprint density at radius 3 is 1.04 bits per heavy atom. The maximum absolute atomic E-state index is 14.9. The summed E-state index contributed by atoms with van der Waals surface area (Å²) in [4.78, 5) is 38.3. The number of hydrogen-bond donors (Lipinski definition) is 6. The second-order valence-electron chi connectivity index (χ2n) is 18.0. The van der Waals surface area contributed by atoms with Crippen LogP contribution in [0.2, 0.25) is 10.0 Å². The van der Waals surface area contributed by atoms with Crippen molar-refractivity contribution in [1.29, 1.82) is 0 Å². The highest BCUT2D eigenvalue weighted by Crippen LogP contribution is 2.39. The number of phenolic OH excluding ortho intramolecular Hbond substituents is 6. The number of fused-ring (bicyclic) bond motifs is 6. The van der Waals surface area contributed by atoms with Gasteiger partial charge >= 0.3 is 5.92 Å². The Balaban J connectivity index is 0.000000130. The fourth-order valence-electron chi connectivity index (χ4n) is 8.55. The molecule has 0 spiro atoms. The standard InChI is InChI=1S/C21H16Cl2N2O2.C19H12F2N2O2.C19H12N2O3/c1-21(2,17-9-3-11-13(22)5-7-15(26)19(11)24-17)18-10-4-12-14(23)6-8-16(27)20(12)25-18;20-19(21,15-9-7-11-3-1-5-13(24)17(11)22-15)16-10-8-12-4-2-6-14(25)18(12)23-16;22-15-5-1-3-11-7-9-13(20-17(11)15)19(24)14-10-8-12-4-2-6-16(23)18(12)21-14/h3-10,26-27H,1-2H3;1-10,24-25H;1-10,22-23H. The number of carbonyl (C=O) groups is 1. The normalized spacial score (nSPS) is 11.7. The molecule has 17 heteroatoms. The van der Waals surface area contributed by atoms with Crippen LogP contribution in [-0.2, 0) is 11.3 Å². The number of halogens is 4. The van der Waals surface area contributed by atoms with Gasteiger partial charge in [0.05, 0.1) is 21.4 Å². The Morgan fingerprint density at radius 2 is 0.671 bits per heavy atom. The van der Waals surface area contributed by atoms with E-state index in [9.17, 15) is 44.2 Å². The molecule has 0 aliphatic rings. The van der Waals surface area contributed by atoms with Crippen molar-refractivity contribution in [3.05, 3.63) is 214 Å². The number of rotatable bonds is 6. The lowest BCUT2D eigenvalue weighted by atomic mass is 9.84. The third-order valence-corrected chi connectivity index (χ3v) is 13.4. The molecule has 12 rings (SSSR count). The summed E-state index contributed by atoms with van der Waals surface area (Å²) >= 11 is 12.4. The molecule has 0 atom stereocenters. The number of phenols is 6. The van der Waals surface area contributed by atoms with Crippen molar-refractivity contribution >= 4 is 94.4 Å². The van der Waals surface area contributed by atoms with E-state index >= 15 is 0 Å². The molecule has 6 aromatic carbocycles. The average molecular weight is 1050 g/mol. The first kappa shape index (κ1) is 50.2. The van der Waals surface area contributed by atoms with E-state index in [1.165, 1.54) is 60.7 Å². The van der Waals surface area contributed by atoms with Gasteiger partial charge in [0.15, 0.2) is 0 Å². The number of hydrogen-bond acceptors (Lipinski definition) is 13. The largest absolute Gasteiger partial charge is 0.506 e. The molecule has 6 N–H and O–H groups in total. The molecule has 0 radical (unpaired) electrons. The van der Waals surface area contributed by atoms with Crippen LogP contribution in [0.4, 0.5) is 8.78 Å². The van der Waals surface area contributed by atoms with Gasteiger partial charge in [-0.15, -0.1) is 0 Å². The minimum absolute atomic E-state index is 0.0197. The van der Waals surface area contributed by atoms with Crippen LogP contribution in [0.1, 0.15) is 52.8 Å². The molecule has 0 aliphatic carbocycles. The maximum atomic E-state index is 14.9. The monoisotopic (exact) mass is 1050 g/mol. The second-order valence-corrected chi connectivity index (χ2v) is 18.8. The first-order chi connectivity index (χ1) is 36.4. The molecule has 0 aliphatic heterocycles. The fraction of sp³-hybridized carbons (Fsp3) is 0.0678. The highest BCUT2D eigenvalue weighted by molar-refractivity contribution is 6.36. The van der Waals surface area contributed by atoms with E-state index in [1.54, 1.807) is 72.8 Å². The predicted octanol–water partition coefficient (Wildman–Crippen LogP) is 13.6. The number of carbonyl (C=O) groups excluding carboxylic acids is 1. The van der Waals surface area contributed by atoms with Crippen LogP contribution >= 0.6 is 23.2 Å². The zero-order chi connectivity index (χ0) is 53.6. The highest BCUT2D eigenvalue weighted by atomic mass is 35.5. The van der Waals surface area contributed by atoms with E-state index < -0.39 is 22.7 Å². The van der Waals surface area contributed by atoms with E-state index in [0.717, 1.165) is 22.2 Å². The Bertz CT molecular complexity index is 4030. The molecule has 13 nitrogen and oxygen atoms in total. The lowest BCUT2D eigenvalue weighted by Gasteiger charge is -2.24. The van der Waals surface area contributed by atoms with Gasteiger partial charge in [0.2, 0.25) is 5.78 Å². The van der Waals surface area contributed by atoms with Crippen molar-refractivity contribution < 1.29 is 44.2 Å². The van der Waals surface area contributed by atoms with E-state index in [4.69, 9.17) is 23.2 Å². The number of benzene rings is 6. The first-order valence-electron chi connectivity index (χ1n) is 23.2. The highest BCUT2D eigenvalue weighted by Gasteiger charge is 2.38. The molecule has 376 valence electrons. The average Bonchev–Trinajstić information content (AvgIpc) is 3.43. The van der Waals surface area contributed by atoms with Crippen molar-refractivity contribution in [3.8, 4) is 34.5 Å². The number of aromatic hydroxyl groups is 6. The molecule has 6 heterocycles. The van der Waals surface area contributed by atoms with Gasteiger partial charge in [-0.3, -0.25) is 4.79 Å². The van der Waals surface area contributed by atoms with Gasteiger partial charge in [-0.2, -0.15) is 8.78 Å². The molecule has 0 fully saturated rings. The van der Waals surface area contributed by atoms with E-state index in [0.29, 0.717) is 53.7 Å². The third-order valence-electron chi connectivity index (χ3n) is 12.8. The van der Waals surface area contributed by atoms with Gasteiger partial charge < -0.3 is 30.6 Å².